The van der Waals surface area contributed by atoms with Crippen molar-refractivity contribution in [2.45, 2.75) is 13.5 Å². The molecule has 1 heterocycles. The van der Waals surface area contributed by atoms with E-state index in [1.807, 2.05) is 41.0 Å². The summed E-state index contributed by atoms with van der Waals surface area (Å²) in [5, 5.41) is 12.2. The number of aliphatic hydroxyl groups excluding tert-OH is 1. The molecule has 6 heteroatoms. The molecule has 0 fully saturated rings. The molecule has 0 spiro atoms. The summed E-state index contributed by atoms with van der Waals surface area (Å²) < 4.78 is 7.48. The second kappa shape index (κ2) is 7.36. The molecule has 0 bridgehead atoms. The van der Waals surface area contributed by atoms with E-state index in [9.17, 15) is 4.79 Å². The van der Waals surface area contributed by atoms with E-state index in [2.05, 4.69) is 10.3 Å². The molecule has 0 unspecified atom stereocenters. The summed E-state index contributed by atoms with van der Waals surface area (Å²) in [6, 6.07) is 13.3. The van der Waals surface area contributed by atoms with E-state index < -0.39 is 0 Å². The van der Waals surface area contributed by atoms with Crippen LogP contribution in [0.1, 0.15) is 22.8 Å². The number of Topliss-reactive ketones (excluding diaryl/α,β-unsaturated/α-hetero) is 1. The Morgan fingerprint density at radius 2 is 2.08 bits per heavy atom. The molecule has 0 aliphatic carbocycles. The molecule has 6 nitrogen and oxygen atoms in total. The minimum atomic E-state index is 0.0121. The van der Waals surface area contributed by atoms with Crippen LogP contribution in [0.5, 0.6) is 5.75 Å². The number of carbonyl (C=O) groups is 1. The molecular weight excluding hydrogens is 318 g/mol. The van der Waals surface area contributed by atoms with Crippen LogP contribution in [0.15, 0.2) is 42.5 Å². The van der Waals surface area contributed by atoms with Crippen molar-refractivity contribution in [1.82, 2.24) is 9.55 Å². The predicted molar refractivity (Wildman–Crippen MR) is 97.4 cm³/mol. The van der Waals surface area contributed by atoms with Gasteiger partial charge >= 0.3 is 0 Å². The molecule has 0 saturated carbocycles. The number of rotatable bonds is 7. The maximum atomic E-state index is 11.7. The van der Waals surface area contributed by atoms with Crippen LogP contribution in [0.3, 0.4) is 0 Å². The van der Waals surface area contributed by atoms with Gasteiger partial charge in [0, 0.05) is 17.7 Å². The van der Waals surface area contributed by atoms with Crippen molar-refractivity contribution in [2.24, 2.45) is 0 Å². The number of benzene rings is 2. The SMILES string of the molecule is COc1ccc(C(C)=O)cc1Cn1c(NCCO)nc2ccccc21. The first-order valence-corrected chi connectivity index (χ1v) is 8.12. The Hall–Kier alpha value is -2.86. The summed E-state index contributed by atoms with van der Waals surface area (Å²) >= 11 is 0. The number of aromatic nitrogens is 2. The zero-order valence-electron chi connectivity index (χ0n) is 14.3. The highest BCUT2D eigenvalue weighted by Crippen LogP contribution is 2.26. The second-order valence-electron chi connectivity index (χ2n) is 5.74. The Bertz CT molecular complexity index is 902. The van der Waals surface area contributed by atoms with Crippen molar-refractivity contribution < 1.29 is 14.6 Å². The van der Waals surface area contributed by atoms with Crippen LogP contribution in [0.4, 0.5) is 5.95 Å². The fraction of sp³-hybridized carbons (Fsp3) is 0.263. The molecule has 0 radical (unpaired) electrons. The minimum absolute atomic E-state index is 0.0121. The van der Waals surface area contributed by atoms with Gasteiger partial charge in [0.2, 0.25) is 5.95 Å². The third kappa shape index (κ3) is 3.49. The first-order valence-electron chi connectivity index (χ1n) is 8.12. The van der Waals surface area contributed by atoms with E-state index in [-0.39, 0.29) is 12.4 Å². The fourth-order valence-electron chi connectivity index (χ4n) is 2.83. The van der Waals surface area contributed by atoms with Crippen molar-refractivity contribution in [3.63, 3.8) is 0 Å². The van der Waals surface area contributed by atoms with Gasteiger partial charge in [0.15, 0.2) is 5.78 Å². The number of carbonyl (C=O) groups excluding carboxylic acids is 1. The smallest absolute Gasteiger partial charge is 0.204 e. The maximum absolute atomic E-state index is 11.7. The molecule has 3 rings (SSSR count). The molecular formula is C19H21N3O3. The average molecular weight is 339 g/mol. The molecule has 0 amide bonds. The van der Waals surface area contributed by atoms with E-state index in [1.165, 1.54) is 0 Å². The van der Waals surface area contributed by atoms with Gasteiger partial charge < -0.3 is 19.7 Å². The van der Waals surface area contributed by atoms with E-state index in [0.29, 0.717) is 24.6 Å². The van der Waals surface area contributed by atoms with Gasteiger partial charge in [-0.05, 0) is 37.3 Å². The van der Waals surface area contributed by atoms with Crippen LogP contribution >= 0.6 is 0 Å². The minimum Gasteiger partial charge on any atom is -0.496 e. The number of imidazole rings is 1. The van der Waals surface area contributed by atoms with Gasteiger partial charge in [-0.1, -0.05) is 12.1 Å². The van der Waals surface area contributed by atoms with Gasteiger partial charge in [0.25, 0.3) is 0 Å². The molecule has 0 atom stereocenters. The number of ether oxygens (including phenoxy) is 1. The average Bonchev–Trinajstić information content (AvgIpc) is 2.97. The number of hydrogen-bond donors (Lipinski definition) is 2. The first kappa shape index (κ1) is 17.0. The summed E-state index contributed by atoms with van der Waals surface area (Å²) in [5.41, 5.74) is 3.37. The van der Waals surface area contributed by atoms with Crippen LogP contribution in [-0.4, -0.2) is 40.7 Å². The van der Waals surface area contributed by atoms with Gasteiger partial charge in [0.1, 0.15) is 5.75 Å². The standard InChI is InChI=1S/C19H21N3O3/c1-13(24)14-7-8-18(25-2)15(11-14)12-22-17-6-4-3-5-16(17)21-19(22)20-9-10-23/h3-8,11,23H,9-10,12H2,1-2H3,(H,20,21). The fourth-order valence-corrected chi connectivity index (χ4v) is 2.83. The van der Waals surface area contributed by atoms with E-state index >= 15 is 0 Å². The first-order chi connectivity index (χ1) is 12.1. The van der Waals surface area contributed by atoms with Gasteiger partial charge in [-0.3, -0.25) is 4.79 Å². The van der Waals surface area contributed by atoms with Crippen LogP contribution in [0, 0.1) is 0 Å². The molecule has 2 aromatic carbocycles. The van der Waals surface area contributed by atoms with E-state index in [0.717, 1.165) is 22.3 Å². The molecule has 25 heavy (non-hydrogen) atoms. The third-order valence-electron chi connectivity index (χ3n) is 4.06. The highest BCUT2D eigenvalue weighted by Gasteiger charge is 2.14. The molecule has 0 aliphatic heterocycles. The van der Waals surface area contributed by atoms with Crippen molar-refractivity contribution in [2.75, 3.05) is 25.6 Å². The molecule has 1 aromatic heterocycles. The summed E-state index contributed by atoms with van der Waals surface area (Å²) in [6.07, 6.45) is 0. The van der Waals surface area contributed by atoms with Gasteiger partial charge in [-0.25, -0.2) is 4.98 Å². The van der Waals surface area contributed by atoms with Crippen molar-refractivity contribution >= 4 is 22.8 Å². The van der Waals surface area contributed by atoms with E-state index in [4.69, 9.17) is 9.84 Å². The van der Waals surface area contributed by atoms with Crippen LogP contribution in [0.2, 0.25) is 0 Å². The van der Waals surface area contributed by atoms with E-state index in [1.54, 1.807) is 20.1 Å². The monoisotopic (exact) mass is 339 g/mol. The van der Waals surface area contributed by atoms with Crippen LogP contribution < -0.4 is 10.1 Å². The summed E-state index contributed by atoms with van der Waals surface area (Å²) in [4.78, 5) is 16.3. The third-order valence-corrected chi connectivity index (χ3v) is 4.06. The van der Waals surface area contributed by atoms with Crippen molar-refractivity contribution in [1.29, 1.82) is 0 Å². The normalized spacial score (nSPS) is 10.8. The lowest BCUT2D eigenvalue weighted by atomic mass is 10.1. The molecule has 0 saturated heterocycles. The zero-order valence-corrected chi connectivity index (χ0v) is 14.3. The molecule has 2 N–H and O–H groups in total. The number of hydrogen-bond acceptors (Lipinski definition) is 5. The lowest BCUT2D eigenvalue weighted by Crippen LogP contribution is -2.12. The number of nitrogens with zero attached hydrogens (tertiary/aromatic N) is 2. The Balaban J connectivity index is 2.07. The summed E-state index contributed by atoms with van der Waals surface area (Å²) in [6.45, 7) is 2.48. The van der Waals surface area contributed by atoms with Crippen LogP contribution in [0.25, 0.3) is 11.0 Å². The van der Waals surface area contributed by atoms with Crippen molar-refractivity contribution in [3.05, 3.63) is 53.6 Å². The number of aliphatic hydroxyl groups is 1. The highest BCUT2D eigenvalue weighted by molar-refractivity contribution is 5.94. The lowest BCUT2D eigenvalue weighted by molar-refractivity contribution is 0.101. The number of nitrogens with one attached hydrogen (secondary N) is 1. The largest absolute Gasteiger partial charge is 0.496 e. The van der Waals surface area contributed by atoms with Gasteiger partial charge in [-0.15, -0.1) is 0 Å². The lowest BCUT2D eigenvalue weighted by Gasteiger charge is -2.14. The van der Waals surface area contributed by atoms with Gasteiger partial charge in [0.05, 0.1) is 31.3 Å². The van der Waals surface area contributed by atoms with Gasteiger partial charge in [-0.2, -0.15) is 0 Å². The molecule has 130 valence electrons. The molecule has 3 aromatic rings. The molecule has 0 aliphatic rings. The Kier molecular flexibility index (Phi) is 5.00. The second-order valence-corrected chi connectivity index (χ2v) is 5.74. The number of fused-ring (bicyclic) bond motifs is 1. The zero-order chi connectivity index (χ0) is 17.8. The van der Waals surface area contributed by atoms with Crippen molar-refractivity contribution in [3.8, 4) is 5.75 Å². The summed E-state index contributed by atoms with van der Waals surface area (Å²) in [5.74, 6) is 1.40. The van der Waals surface area contributed by atoms with Crippen LogP contribution in [-0.2, 0) is 6.54 Å². The number of methoxy groups -OCH3 is 1. The number of para-hydroxylation sites is 2. The maximum Gasteiger partial charge on any atom is 0.204 e. The quantitative estimate of drug-likeness (QED) is 0.647. The Morgan fingerprint density at radius 1 is 1.28 bits per heavy atom. The summed E-state index contributed by atoms with van der Waals surface area (Å²) in [7, 11) is 1.61. The number of anilines is 1. The Morgan fingerprint density at radius 3 is 2.80 bits per heavy atom. The highest BCUT2D eigenvalue weighted by atomic mass is 16.5. The predicted octanol–water partition coefficient (Wildman–Crippen LogP) is 2.70. The topological polar surface area (TPSA) is 76.4 Å². The number of ketones is 1. The Labute approximate surface area is 146 Å².